The van der Waals surface area contributed by atoms with E-state index in [2.05, 4.69) is 26.5 Å². The first-order valence-electron chi connectivity index (χ1n) is 12.5. The highest BCUT2D eigenvalue weighted by molar-refractivity contribution is 9.10. The van der Waals surface area contributed by atoms with E-state index in [-0.39, 0.29) is 5.91 Å². The molecule has 0 radical (unpaired) electrons. The topological polar surface area (TPSA) is 89.9 Å². The standard InChI is InChI=1S/C32H24BrN3O4/c1-2-39-30-18-21(12-17-29(30)40-32(38)23-8-4-3-5-9-23)20-34-36-31(37)26-19-28(22-13-15-24(33)16-14-22)35-27-11-7-6-10-25(26)27/h3-20H,2H2,1H3,(H,36,37). The van der Waals surface area contributed by atoms with Crippen molar-refractivity contribution >= 4 is 44.9 Å². The van der Waals surface area contributed by atoms with Gasteiger partial charge >= 0.3 is 5.97 Å². The molecule has 7 nitrogen and oxygen atoms in total. The largest absolute Gasteiger partial charge is 0.490 e. The van der Waals surface area contributed by atoms with Gasteiger partial charge in [-0.1, -0.05) is 64.5 Å². The van der Waals surface area contributed by atoms with Crippen molar-refractivity contribution in [1.82, 2.24) is 10.4 Å². The summed E-state index contributed by atoms with van der Waals surface area (Å²) in [6.45, 7) is 2.22. The van der Waals surface area contributed by atoms with E-state index in [1.807, 2.05) is 61.5 Å². The monoisotopic (exact) mass is 593 g/mol. The van der Waals surface area contributed by atoms with E-state index in [1.54, 1.807) is 48.5 Å². The molecule has 40 heavy (non-hydrogen) atoms. The third-order valence-electron chi connectivity index (χ3n) is 5.96. The quantitative estimate of drug-likeness (QED) is 0.0901. The van der Waals surface area contributed by atoms with Gasteiger partial charge in [-0.15, -0.1) is 0 Å². The summed E-state index contributed by atoms with van der Waals surface area (Å²) >= 11 is 3.45. The van der Waals surface area contributed by atoms with E-state index < -0.39 is 5.97 Å². The van der Waals surface area contributed by atoms with Crippen molar-refractivity contribution < 1.29 is 19.1 Å². The van der Waals surface area contributed by atoms with Gasteiger partial charge in [-0.25, -0.2) is 15.2 Å². The average Bonchev–Trinajstić information content (AvgIpc) is 2.98. The third kappa shape index (κ3) is 6.24. The van der Waals surface area contributed by atoms with Crippen LogP contribution in [0.1, 0.15) is 33.2 Å². The van der Waals surface area contributed by atoms with Crippen molar-refractivity contribution in [3.63, 3.8) is 0 Å². The number of benzene rings is 4. The zero-order chi connectivity index (χ0) is 27.9. The van der Waals surface area contributed by atoms with Crippen LogP contribution in [0.3, 0.4) is 0 Å². The molecule has 198 valence electrons. The van der Waals surface area contributed by atoms with Gasteiger partial charge in [0.1, 0.15) is 0 Å². The van der Waals surface area contributed by atoms with E-state index >= 15 is 0 Å². The van der Waals surface area contributed by atoms with Gasteiger partial charge in [-0.3, -0.25) is 4.79 Å². The molecule has 0 aliphatic rings. The zero-order valence-electron chi connectivity index (χ0n) is 21.5. The van der Waals surface area contributed by atoms with Crippen LogP contribution in [0.2, 0.25) is 0 Å². The first kappa shape index (κ1) is 26.8. The number of hydrazone groups is 1. The van der Waals surface area contributed by atoms with Crippen LogP contribution in [0.4, 0.5) is 0 Å². The zero-order valence-corrected chi connectivity index (χ0v) is 23.1. The minimum absolute atomic E-state index is 0.292. The van der Waals surface area contributed by atoms with Crippen molar-refractivity contribution in [2.24, 2.45) is 5.10 Å². The number of nitrogens with zero attached hydrogens (tertiary/aromatic N) is 2. The second-order valence-corrected chi connectivity index (χ2v) is 9.59. The summed E-state index contributed by atoms with van der Waals surface area (Å²) in [6, 6.07) is 30.8. The summed E-state index contributed by atoms with van der Waals surface area (Å²) in [6.07, 6.45) is 1.50. The maximum atomic E-state index is 13.2. The lowest BCUT2D eigenvalue weighted by molar-refractivity contribution is 0.0728. The highest BCUT2D eigenvalue weighted by atomic mass is 79.9. The Kier molecular flexibility index (Phi) is 8.27. The number of fused-ring (bicyclic) bond motifs is 1. The SMILES string of the molecule is CCOc1cc(C=NNC(=O)c2cc(-c3ccc(Br)cc3)nc3ccccc23)ccc1OC(=O)c1ccccc1. The van der Waals surface area contributed by atoms with Crippen molar-refractivity contribution in [1.29, 1.82) is 0 Å². The van der Waals surface area contributed by atoms with E-state index in [4.69, 9.17) is 14.5 Å². The number of carbonyl (C=O) groups excluding carboxylic acids is 2. The van der Waals surface area contributed by atoms with E-state index in [0.29, 0.717) is 46.0 Å². The van der Waals surface area contributed by atoms with Gasteiger partial charge in [0.25, 0.3) is 5.91 Å². The Hall–Kier alpha value is -4.82. The van der Waals surface area contributed by atoms with Crippen molar-refractivity contribution in [2.75, 3.05) is 6.61 Å². The molecule has 0 aliphatic heterocycles. The molecule has 1 amide bonds. The third-order valence-corrected chi connectivity index (χ3v) is 6.49. The molecule has 0 saturated heterocycles. The van der Waals surface area contributed by atoms with Crippen molar-refractivity contribution in [3.8, 4) is 22.8 Å². The van der Waals surface area contributed by atoms with Crippen molar-refractivity contribution in [2.45, 2.75) is 6.92 Å². The van der Waals surface area contributed by atoms with Crippen LogP contribution < -0.4 is 14.9 Å². The molecule has 0 fully saturated rings. The maximum absolute atomic E-state index is 13.2. The highest BCUT2D eigenvalue weighted by Gasteiger charge is 2.15. The van der Waals surface area contributed by atoms with Gasteiger partial charge in [0.2, 0.25) is 0 Å². The van der Waals surface area contributed by atoms with Gasteiger partial charge in [0.05, 0.1) is 35.2 Å². The second-order valence-electron chi connectivity index (χ2n) is 8.67. The molecular weight excluding hydrogens is 570 g/mol. The summed E-state index contributed by atoms with van der Waals surface area (Å²) < 4.78 is 12.2. The number of hydrogen-bond donors (Lipinski definition) is 1. The molecule has 0 atom stereocenters. The smallest absolute Gasteiger partial charge is 0.343 e. The van der Waals surface area contributed by atoms with Gasteiger partial charge < -0.3 is 9.47 Å². The number of amides is 1. The number of esters is 1. The summed E-state index contributed by atoms with van der Waals surface area (Å²) in [7, 11) is 0. The summed E-state index contributed by atoms with van der Waals surface area (Å²) in [5.41, 5.74) is 6.44. The number of rotatable bonds is 8. The normalized spacial score (nSPS) is 10.9. The number of hydrogen-bond acceptors (Lipinski definition) is 6. The fourth-order valence-electron chi connectivity index (χ4n) is 4.05. The molecule has 0 aliphatic carbocycles. The fraction of sp³-hybridized carbons (Fsp3) is 0.0625. The predicted octanol–water partition coefficient (Wildman–Crippen LogP) is 7.05. The number of para-hydroxylation sites is 1. The Bertz CT molecular complexity index is 1700. The number of carbonyl (C=O) groups is 2. The Balaban J connectivity index is 1.36. The summed E-state index contributed by atoms with van der Waals surface area (Å²) in [5.74, 6) is -0.170. The van der Waals surface area contributed by atoms with Crippen LogP contribution in [0.25, 0.3) is 22.2 Å². The lowest BCUT2D eigenvalue weighted by atomic mass is 10.0. The first-order chi connectivity index (χ1) is 19.5. The van der Waals surface area contributed by atoms with Gasteiger partial charge in [-0.05, 0) is 67.1 Å². The Morgan fingerprint density at radius 1 is 0.900 bits per heavy atom. The Labute approximate surface area is 239 Å². The average molecular weight is 594 g/mol. The van der Waals surface area contributed by atoms with Crippen molar-refractivity contribution in [3.05, 3.63) is 124 Å². The lowest BCUT2D eigenvalue weighted by Crippen LogP contribution is -2.18. The minimum Gasteiger partial charge on any atom is -0.490 e. The Morgan fingerprint density at radius 3 is 2.42 bits per heavy atom. The molecule has 1 heterocycles. The summed E-state index contributed by atoms with van der Waals surface area (Å²) in [4.78, 5) is 30.5. The van der Waals surface area contributed by atoms with Crippen LogP contribution in [0, 0.1) is 0 Å². The number of nitrogens with one attached hydrogen (secondary N) is 1. The summed E-state index contributed by atoms with van der Waals surface area (Å²) in [5, 5.41) is 4.89. The molecule has 8 heteroatoms. The minimum atomic E-state index is -0.484. The van der Waals surface area contributed by atoms with Crippen LogP contribution in [0.5, 0.6) is 11.5 Å². The molecular formula is C32H24BrN3O4. The van der Waals surface area contributed by atoms with Crippen LogP contribution >= 0.6 is 15.9 Å². The van der Waals surface area contributed by atoms with E-state index in [0.717, 1.165) is 15.4 Å². The van der Waals surface area contributed by atoms with Gasteiger partial charge in [0.15, 0.2) is 11.5 Å². The molecule has 0 spiro atoms. The molecule has 4 aromatic carbocycles. The first-order valence-corrected chi connectivity index (χ1v) is 13.3. The predicted molar refractivity (Wildman–Crippen MR) is 159 cm³/mol. The molecule has 1 aromatic heterocycles. The van der Waals surface area contributed by atoms with Gasteiger partial charge in [0, 0.05) is 15.4 Å². The molecule has 1 N–H and O–H groups in total. The molecule has 0 unspecified atom stereocenters. The van der Waals surface area contributed by atoms with Crippen LogP contribution in [-0.4, -0.2) is 29.7 Å². The second kappa shape index (κ2) is 12.4. The Morgan fingerprint density at radius 2 is 1.65 bits per heavy atom. The number of halogens is 1. The fourth-order valence-corrected chi connectivity index (χ4v) is 4.31. The van der Waals surface area contributed by atoms with E-state index in [1.165, 1.54) is 6.21 Å². The molecule has 5 rings (SSSR count). The number of ether oxygens (including phenoxy) is 2. The molecule has 0 saturated carbocycles. The number of pyridine rings is 1. The van der Waals surface area contributed by atoms with Gasteiger partial charge in [-0.2, -0.15) is 5.10 Å². The van der Waals surface area contributed by atoms with Crippen LogP contribution in [0.15, 0.2) is 113 Å². The molecule has 5 aromatic rings. The van der Waals surface area contributed by atoms with E-state index in [9.17, 15) is 9.59 Å². The van der Waals surface area contributed by atoms with Crippen LogP contribution in [-0.2, 0) is 0 Å². The molecule has 0 bridgehead atoms. The number of aromatic nitrogens is 1. The lowest BCUT2D eigenvalue weighted by Gasteiger charge is -2.11. The maximum Gasteiger partial charge on any atom is 0.343 e. The highest BCUT2D eigenvalue weighted by Crippen LogP contribution is 2.29.